The van der Waals surface area contributed by atoms with Crippen LogP contribution in [0.3, 0.4) is 0 Å². The molecule has 0 aromatic carbocycles. The largest absolute Gasteiger partial charge is 0.498 e. The lowest BCUT2D eigenvalue weighted by Gasteiger charge is -2.36. The van der Waals surface area contributed by atoms with E-state index in [0.717, 1.165) is 19.3 Å². The molecule has 2 aliphatic heterocycles. The molecule has 2 saturated heterocycles. The monoisotopic (exact) mass is 495 g/mol. The molecule has 0 spiro atoms. The van der Waals surface area contributed by atoms with Crippen molar-refractivity contribution in [3.8, 4) is 0 Å². The van der Waals surface area contributed by atoms with Crippen LogP contribution in [0, 0.1) is 0 Å². The van der Waals surface area contributed by atoms with Crippen molar-refractivity contribution in [1.29, 1.82) is 0 Å². The highest BCUT2D eigenvalue weighted by atomic mass is 32.2. The molecule has 11 heteroatoms. The maximum atomic E-state index is 12.8. The number of amides is 1. The molecule has 9 nitrogen and oxygen atoms in total. The molecule has 3 rings (SSSR count). The summed E-state index contributed by atoms with van der Waals surface area (Å²) in [6.07, 6.45) is 6.36. The second kappa shape index (κ2) is 9.74. The Bertz CT molecular complexity index is 959. The number of likely N-dealkylation sites (tertiary alicyclic amines) is 1. The van der Waals surface area contributed by atoms with E-state index in [1.807, 2.05) is 48.5 Å². The Morgan fingerprint density at radius 2 is 1.74 bits per heavy atom. The van der Waals surface area contributed by atoms with E-state index >= 15 is 0 Å². The summed E-state index contributed by atoms with van der Waals surface area (Å²) in [5.74, 6) is -0.0818. The molecule has 1 aromatic heterocycles. The summed E-state index contributed by atoms with van der Waals surface area (Å²) in [7, 11) is -4.30. The molecule has 0 bridgehead atoms. The van der Waals surface area contributed by atoms with Crippen LogP contribution in [0.1, 0.15) is 80.6 Å². The van der Waals surface area contributed by atoms with Crippen LogP contribution >= 0.6 is 0 Å². The normalized spacial score (nSPS) is 22.6. The maximum absolute atomic E-state index is 12.8. The van der Waals surface area contributed by atoms with Gasteiger partial charge in [-0.25, -0.2) is 23.2 Å². The first-order valence-corrected chi connectivity index (χ1v) is 13.7. The minimum absolute atomic E-state index is 0.0227. The van der Waals surface area contributed by atoms with Crippen LogP contribution in [-0.2, 0) is 23.9 Å². The van der Waals surface area contributed by atoms with E-state index in [2.05, 4.69) is 9.97 Å². The molecule has 3 heterocycles. The highest BCUT2D eigenvalue weighted by molar-refractivity contribution is 7.91. The molecule has 0 unspecified atom stereocenters. The summed E-state index contributed by atoms with van der Waals surface area (Å²) in [5, 5.41) is -0.208. The van der Waals surface area contributed by atoms with Crippen molar-refractivity contribution in [2.75, 3.05) is 12.3 Å². The summed E-state index contributed by atoms with van der Waals surface area (Å²) >= 11 is 0. The Kier molecular flexibility index (Phi) is 7.70. The first kappa shape index (κ1) is 26.9. The van der Waals surface area contributed by atoms with Gasteiger partial charge in [0.1, 0.15) is 5.60 Å². The van der Waals surface area contributed by atoms with Gasteiger partial charge in [-0.15, -0.1) is 0 Å². The Morgan fingerprint density at radius 1 is 1.15 bits per heavy atom. The fraction of sp³-hybridized carbons (Fsp3) is 0.783. The SMILES string of the molecule is CC(C)(C)OC(=O)N1CCCC[C@H]1CCCS(=O)(=O)c1ncc(B2OC(C)(C)C(C)(C)O2)cn1. The van der Waals surface area contributed by atoms with Gasteiger partial charge in [0, 0.05) is 30.4 Å². The summed E-state index contributed by atoms with van der Waals surface area (Å²) in [6.45, 7) is 13.9. The van der Waals surface area contributed by atoms with E-state index in [1.54, 1.807) is 4.90 Å². The molecule has 0 radical (unpaired) electrons. The van der Waals surface area contributed by atoms with Crippen LogP contribution in [0.5, 0.6) is 0 Å². The van der Waals surface area contributed by atoms with Crippen LogP contribution in [0.4, 0.5) is 4.79 Å². The van der Waals surface area contributed by atoms with E-state index in [9.17, 15) is 13.2 Å². The smallest absolute Gasteiger partial charge is 0.444 e. The van der Waals surface area contributed by atoms with Crippen molar-refractivity contribution >= 4 is 28.5 Å². The number of rotatable bonds is 6. The van der Waals surface area contributed by atoms with Crippen LogP contribution < -0.4 is 5.46 Å². The van der Waals surface area contributed by atoms with Gasteiger partial charge >= 0.3 is 13.2 Å². The van der Waals surface area contributed by atoms with E-state index in [0.29, 0.717) is 24.8 Å². The van der Waals surface area contributed by atoms with Gasteiger partial charge < -0.3 is 18.9 Å². The van der Waals surface area contributed by atoms with Gasteiger partial charge in [0.05, 0.1) is 17.0 Å². The zero-order valence-corrected chi connectivity index (χ0v) is 22.3. The van der Waals surface area contributed by atoms with Crippen molar-refractivity contribution in [1.82, 2.24) is 14.9 Å². The Labute approximate surface area is 204 Å². The van der Waals surface area contributed by atoms with E-state index in [4.69, 9.17) is 14.0 Å². The van der Waals surface area contributed by atoms with Gasteiger partial charge in [-0.3, -0.25) is 0 Å². The third kappa shape index (κ3) is 6.28. The third-order valence-electron chi connectivity index (χ3n) is 6.66. The summed E-state index contributed by atoms with van der Waals surface area (Å²) in [4.78, 5) is 22.5. The third-order valence-corrected chi connectivity index (χ3v) is 8.25. The van der Waals surface area contributed by atoms with Crippen molar-refractivity contribution in [2.24, 2.45) is 0 Å². The molecule has 2 aliphatic rings. The zero-order chi connectivity index (χ0) is 25.4. The van der Waals surface area contributed by atoms with Crippen molar-refractivity contribution in [2.45, 2.75) is 109 Å². The van der Waals surface area contributed by atoms with Gasteiger partial charge in [0.15, 0.2) is 0 Å². The molecular weight excluding hydrogens is 457 g/mol. The lowest BCUT2D eigenvalue weighted by Crippen LogP contribution is -2.46. The number of carbonyl (C=O) groups excluding carboxylic acids is 1. The number of nitrogens with zero attached hydrogens (tertiary/aromatic N) is 3. The molecule has 34 heavy (non-hydrogen) atoms. The van der Waals surface area contributed by atoms with E-state index < -0.39 is 33.8 Å². The number of sulfone groups is 1. The number of hydrogen-bond donors (Lipinski definition) is 0. The summed E-state index contributed by atoms with van der Waals surface area (Å²) in [5.41, 5.74) is -0.997. The van der Waals surface area contributed by atoms with Crippen LogP contribution in [-0.4, -0.2) is 71.6 Å². The summed E-state index contributed by atoms with van der Waals surface area (Å²) in [6, 6.07) is -0.0227. The molecule has 1 amide bonds. The molecule has 2 fully saturated rings. The average molecular weight is 495 g/mol. The molecular formula is C23H38BN3O6S. The molecule has 0 saturated carbocycles. The van der Waals surface area contributed by atoms with Crippen molar-refractivity contribution in [3.63, 3.8) is 0 Å². The first-order chi connectivity index (χ1) is 15.6. The highest BCUT2D eigenvalue weighted by Gasteiger charge is 2.52. The predicted molar refractivity (Wildman–Crippen MR) is 130 cm³/mol. The quantitative estimate of drug-likeness (QED) is 0.438. The highest BCUT2D eigenvalue weighted by Crippen LogP contribution is 2.36. The predicted octanol–water partition coefficient (Wildman–Crippen LogP) is 3.12. The number of aromatic nitrogens is 2. The molecule has 0 N–H and O–H groups in total. The van der Waals surface area contributed by atoms with Crippen LogP contribution in [0.15, 0.2) is 17.6 Å². The van der Waals surface area contributed by atoms with Gasteiger partial charge in [-0.2, -0.15) is 0 Å². The number of ether oxygens (including phenoxy) is 1. The first-order valence-electron chi connectivity index (χ1n) is 12.0. The standard InChI is InChI=1S/C23H38BN3O6S/c1-21(2,3)31-20(28)27-13-9-8-11-18(27)12-10-14-34(29,30)19-25-15-17(16-26-19)24-32-22(4,5)23(6,7)33-24/h15-16,18H,8-14H2,1-7H3/t18-/m0/s1. The minimum atomic E-state index is -3.65. The van der Waals surface area contributed by atoms with Crippen LogP contribution in [0.2, 0.25) is 0 Å². The maximum Gasteiger partial charge on any atom is 0.498 e. The zero-order valence-electron chi connectivity index (χ0n) is 21.5. The van der Waals surface area contributed by atoms with E-state index in [1.165, 1.54) is 12.4 Å². The number of piperidine rings is 1. The molecule has 0 aliphatic carbocycles. The summed E-state index contributed by atoms with van der Waals surface area (Å²) < 4.78 is 43.1. The second-order valence-electron chi connectivity index (χ2n) is 11.2. The fourth-order valence-corrected chi connectivity index (χ4v) is 5.21. The topological polar surface area (TPSA) is 108 Å². The van der Waals surface area contributed by atoms with Crippen molar-refractivity contribution in [3.05, 3.63) is 12.4 Å². The Hall–Kier alpha value is -1.72. The second-order valence-corrected chi connectivity index (χ2v) is 13.2. The Balaban J connectivity index is 1.58. The molecule has 190 valence electrons. The number of carbonyl (C=O) groups is 1. The van der Waals surface area contributed by atoms with E-state index in [-0.39, 0.29) is 23.0 Å². The molecule has 1 atom stereocenters. The van der Waals surface area contributed by atoms with Crippen molar-refractivity contribution < 1.29 is 27.3 Å². The van der Waals surface area contributed by atoms with Gasteiger partial charge in [0.2, 0.25) is 15.0 Å². The Morgan fingerprint density at radius 3 is 2.29 bits per heavy atom. The van der Waals surface area contributed by atoms with Gasteiger partial charge in [-0.1, -0.05) is 0 Å². The molecule has 1 aromatic rings. The fourth-order valence-electron chi connectivity index (χ4n) is 4.05. The van der Waals surface area contributed by atoms with Crippen LogP contribution in [0.25, 0.3) is 0 Å². The minimum Gasteiger partial charge on any atom is -0.444 e. The average Bonchev–Trinajstić information content (AvgIpc) is 2.94. The lowest BCUT2D eigenvalue weighted by atomic mass is 9.81. The van der Waals surface area contributed by atoms with Gasteiger partial charge in [-0.05, 0) is 80.6 Å². The van der Waals surface area contributed by atoms with Gasteiger partial charge in [0.25, 0.3) is 0 Å². The lowest BCUT2D eigenvalue weighted by molar-refractivity contribution is 0.00578. The number of hydrogen-bond acceptors (Lipinski definition) is 8.